The molecule has 0 spiro atoms. The van der Waals surface area contributed by atoms with Crippen LogP contribution in [0.4, 0.5) is 11.4 Å². The van der Waals surface area contributed by atoms with E-state index in [9.17, 15) is 0 Å². The van der Waals surface area contributed by atoms with Gasteiger partial charge < -0.3 is 16.0 Å². The average Bonchev–Trinajstić information content (AvgIpc) is 2.77. The lowest BCUT2D eigenvalue weighted by molar-refractivity contribution is 0.266. The van der Waals surface area contributed by atoms with Gasteiger partial charge in [0.05, 0.1) is 0 Å². The van der Waals surface area contributed by atoms with Gasteiger partial charge in [0.25, 0.3) is 0 Å². The fourth-order valence-corrected chi connectivity index (χ4v) is 2.36. The van der Waals surface area contributed by atoms with E-state index >= 15 is 0 Å². The fourth-order valence-electron chi connectivity index (χ4n) is 2.36. The van der Waals surface area contributed by atoms with Crippen LogP contribution < -0.4 is 11.1 Å². The van der Waals surface area contributed by atoms with Crippen molar-refractivity contribution in [1.29, 1.82) is 0 Å². The maximum Gasteiger partial charge on any atom is 0.0341 e. The molecule has 1 unspecified atom stereocenters. The second-order valence-electron chi connectivity index (χ2n) is 5.25. The molecule has 94 valence electrons. The number of hydrogen-bond donors (Lipinski definition) is 2. The third-order valence-corrected chi connectivity index (χ3v) is 3.55. The molecule has 0 saturated carbocycles. The molecule has 1 atom stereocenters. The van der Waals surface area contributed by atoms with E-state index < -0.39 is 0 Å². The molecule has 0 bridgehead atoms. The molecule has 3 nitrogen and oxygen atoms in total. The first-order valence-corrected chi connectivity index (χ1v) is 6.48. The summed E-state index contributed by atoms with van der Waals surface area (Å²) >= 11 is 0. The molecule has 17 heavy (non-hydrogen) atoms. The monoisotopic (exact) mass is 233 g/mol. The molecule has 0 amide bonds. The molecule has 2 rings (SSSR count). The van der Waals surface area contributed by atoms with Crippen molar-refractivity contribution >= 4 is 11.4 Å². The van der Waals surface area contributed by atoms with E-state index in [0.29, 0.717) is 6.04 Å². The number of anilines is 2. The Balaban J connectivity index is 1.78. The van der Waals surface area contributed by atoms with Crippen molar-refractivity contribution in [3.8, 4) is 0 Å². The van der Waals surface area contributed by atoms with Gasteiger partial charge in [-0.05, 0) is 57.0 Å². The summed E-state index contributed by atoms with van der Waals surface area (Å²) in [5.74, 6) is 0.773. The Labute approximate surface area is 104 Å². The van der Waals surface area contributed by atoms with Crippen molar-refractivity contribution in [1.82, 2.24) is 4.90 Å². The summed E-state index contributed by atoms with van der Waals surface area (Å²) in [6.07, 6.45) is 1.31. The minimum absolute atomic E-state index is 0.677. The Morgan fingerprint density at radius 3 is 2.65 bits per heavy atom. The number of benzene rings is 1. The summed E-state index contributed by atoms with van der Waals surface area (Å²) in [5.41, 5.74) is 7.65. The maximum absolute atomic E-state index is 5.66. The third kappa shape index (κ3) is 3.37. The lowest BCUT2D eigenvalue weighted by Crippen LogP contribution is -2.29. The number of nitrogens with two attached hydrogens (primary N) is 1. The minimum Gasteiger partial charge on any atom is -0.399 e. The van der Waals surface area contributed by atoms with E-state index in [2.05, 4.69) is 24.1 Å². The predicted molar refractivity (Wildman–Crippen MR) is 74.2 cm³/mol. The Morgan fingerprint density at radius 1 is 1.35 bits per heavy atom. The smallest absolute Gasteiger partial charge is 0.0341 e. The van der Waals surface area contributed by atoms with Crippen LogP contribution in [0.2, 0.25) is 0 Å². The van der Waals surface area contributed by atoms with Gasteiger partial charge in [-0.25, -0.2) is 0 Å². The van der Waals surface area contributed by atoms with Crippen LogP contribution in [-0.4, -0.2) is 30.6 Å². The van der Waals surface area contributed by atoms with Crippen LogP contribution in [0.25, 0.3) is 0 Å². The van der Waals surface area contributed by atoms with Crippen molar-refractivity contribution in [3.63, 3.8) is 0 Å². The standard InChI is InChI=1S/C14H23N3/c1-11(2)17-8-7-12(10-17)9-16-14-5-3-13(15)4-6-14/h3-6,11-12,16H,7-10,15H2,1-2H3. The van der Waals surface area contributed by atoms with E-state index in [0.717, 1.165) is 18.2 Å². The van der Waals surface area contributed by atoms with Crippen molar-refractivity contribution < 1.29 is 0 Å². The Kier molecular flexibility index (Phi) is 3.89. The number of nitrogens with zero attached hydrogens (tertiary/aromatic N) is 1. The first kappa shape index (κ1) is 12.2. The van der Waals surface area contributed by atoms with Crippen LogP contribution in [0.15, 0.2) is 24.3 Å². The van der Waals surface area contributed by atoms with Crippen LogP contribution >= 0.6 is 0 Å². The molecule has 1 aromatic rings. The van der Waals surface area contributed by atoms with Crippen LogP contribution in [0.1, 0.15) is 20.3 Å². The van der Waals surface area contributed by atoms with E-state index in [-0.39, 0.29) is 0 Å². The van der Waals surface area contributed by atoms with Gasteiger partial charge in [0, 0.05) is 30.5 Å². The van der Waals surface area contributed by atoms with Crippen molar-refractivity contribution in [3.05, 3.63) is 24.3 Å². The molecule has 1 saturated heterocycles. The third-order valence-electron chi connectivity index (χ3n) is 3.55. The minimum atomic E-state index is 0.677. The summed E-state index contributed by atoms with van der Waals surface area (Å²) in [7, 11) is 0. The zero-order valence-electron chi connectivity index (χ0n) is 10.8. The largest absolute Gasteiger partial charge is 0.399 e. The number of nitrogen functional groups attached to an aromatic ring is 1. The molecule has 0 aromatic heterocycles. The molecule has 0 aliphatic carbocycles. The van der Waals surface area contributed by atoms with E-state index in [4.69, 9.17) is 5.73 Å². The molecule has 1 aliphatic heterocycles. The second-order valence-corrected chi connectivity index (χ2v) is 5.25. The number of rotatable bonds is 4. The predicted octanol–water partition coefficient (Wildman–Crippen LogP) is 2.41. The van der Waals surface area contributed by atoms with Crippen molar-refractivity contribution in [2.75, 3.05) is 30.7 Å². The summed E-state index contributed by atoms with van der Waals surface area (Å²) in [6, 6.07) is 8.65. The van der Waals surface area contributed by atoms with Gasteiger partial charge >= 0.3 is 0 Å². The highest BCUT2D eigenvalue weighted by Gasteiger charge is 2.23. The van der Waals surface area contributed by atoms with Crippen LogP contribution in [-0.2, 0) is 0 Å². The van der Waals surface area contributed by atoms with E-state index in [1.54, 1.807) is 0 Å². The first-order chi connectivity index (χ1) is 8.15. The summed E-state index contributed by atoms with van der Waals surface area (Å²) in [5, 5.41) is 3.49. The highest BCUT2D eigenvalue weighted by molar-refractivity contribution is 5.51. The first-order valence-electron chi connectivity index (χ1n) is 6.48. The summed E-state index contributed by atoms with van der Waals surface area (Å²) < 4.78 is 0. The zero-order valence-corrected chi connectivity index (χ0v) is 10.8. The molecule has 1 heterocycles. The molecular weight excluding hydrogens is 210 g/mol. The van der Waals surface area contributed by atoms with Gasteiger partial charge in [-0.3, -0.25) is 0 Å². The Bertz CT molecular complexity index is 345. The van der Waals surface area contributed by atoms with E-state index in [1.807, 2.05) is 24.3 Å². The molecule has 1 fully saturated rings. The van der Waals surface area contributed by atoms with Crippen molar-refractivity contribution in [2.24, 2.45) is 5.92 Å². The molecule has 1 aromatic carbocycles. The molecule has 0 radical (unpaired) electrons. The quantitative estimate of drug-likeness (QED) is 0.785. The molecule has 3 heteroatoms. The lowest BCUT2D eigenvalue weighted by atomic mass is 10.1. The van der Waals surface area contributed by atoms with Gasteiger partial charge in [-0.1, -0.05) is 0 Å². The maximum atomic E-state index is 5.66. The molecule has 1 aliphatic rings. The van der Waals surface area contributed by atoms with Gasteiger partial charge in [0.2, 0.25) is 0 Å². The zero-order chi connectivity index (χ0) is 12.3. The Morgan fingerprint density at radius 2 is 2.06 bits per heavy atom. The summed E-state index contributed by atoms with van der Waals surface area (Å²) in [6.45, 7) is 8.07. The molecule has 3 N–H and O–H groups in total. The molecular formula is C14H23N3. The average molecular weight is 233 g/mol. The van der Waals surface area contributed by atoms with Crippen LogP contribution in [0, 0.1) is 5.92 Å². The van der Waals surface area contributed by atoms with Crippen LogP contribution in [0.5, 0.6) is 0 Å². The normalized spacial score (nSPS) is 21.0. The van der Waals surface area contributed by atoms with Crippen LogP contribution in [0.3, 0.4) is 0 Å². The lowest BCUT2D eigenvalue weighted by Gasteiger charge is -2.20. The highest BCUT2D eigenvalue weighted by Crippen LogP contribution is 2.19. The van der Waals surface area contributed by atoms with Gasteiger partial charge in [0.15, 0.2) is 0 Å². The van der Waals surface area contributed by atoms with Gasteiger partial charge in [-0.2, -0.15) is 0 Å². The number of nitrogens with one attached hydrogen (secondary N) is 1. The second kappa shape index (κ2) is 5.41. The van der Waals surface area contributed by atoms with Crippen molar-refractivity contribution in [2.45, 2.75) is 26.3 Å². The number of likely N-dealkylation sites (tertiary alicyclic amines) is 1. The fraction of sp³-hybridized carbons (Fsp3) is 0.571. The van der Waals surface area contributed by atoms with Gasteiger partial charge in [0.1, 0.15) is 0 Å². The summed E-state index contributed by atoms with van der Waals surface area (Å²) in [4.78, 5) is 2.55. The number of hydrogen-bond acceptors (Lipinski definition) is 3. The van der Waals surface area contributed by atoms with E-state index in [1.165, 1.54) is 25.2 Å². The highest BCUT2D eigenvalue weighted by atomic mass is 15.2. The van der Waals surface area contributed by atoms with Gasteiger partial charge in [-0.15, -0.1) is 0 Å². The Hall–Kier alpha value is -1.22. The SMILES string of the molecule is CC(C)N1CCC(CNc2ccc(N)cc2)C1. The topological polar surface area (TPSA) is 41.3 Å².